The topological polar surface area (TPSA) is 51.5 Å². The van der Waals surface area contributed by atoms with Crippen molar-refractivity contribution in [3.8, 4) is 5.75 Å². The minimum absolute atomic E-state index is 0.122. The van der Waals surface area contributed by atoms with E-state index in [0.717, 1.165) is 26.0 Å². The highest BCUT2D eigenvalue weighted by Gasteiger charge is 2.17. The van der Waals surface area contributed by atoms with Crippen molar-refractivity contribution >= 4 is 0 Å². The van der Waals surface area contributed by atoms with Crippen molar-refractivity contribution in [2.24, 2.45) is 0 Å². The second-order valence-electron chi connectivity index (χ2n) is 4.12. The van der Waals surface area contributed by atoms with Crippen molar-refractivity contribution in [2.75, 3.05) is 6.61 Å². The maximum absolute atomic E-state index is 11.3. The average molecular weight is 223 g/mol. The molecule has 1 fully saturated rings. The minimum atomic E-state index is -0.305. The van der Waals surface area contributed by atoms with Crippen LogP contribution in [0, 0.1) is 0 Å². The first-order valence-electron chi connectivity index (χ1n) is 5.75. The molecule has 4 nitrogen and oxygen atoms in total. The van der Waals surface area contributed by atoms with Gasteiger partial charge < -0.3 is 14.4 Å². The second-order valence-corrected chi connectivity index (χ2v) is 4.12. The summed E-state index contributed by atoms with van der Waals surface area (Å²) in [7, 11) is 0. The number of rotatable bonds is 3. The van der Waals surface area contributed by atoms with E-state index in [2.05, 4.69) is 0 Å². The molecule has 16 heavy (non-hydrogen) atoms. The van der Waals surface area contributed by atoms with Crippen molar-refractivity contribution in [1.29, 1.82) is 0 Å². The molecule has 2 rings (SSSR count). The fraction of sp³-hybridized carbons (Fsp3) is 0.583. The van der Waals surface area contributed by atoms with E-state index < -0.39 is 0 Å². The van der Waals surface area contributed by atoms with E-state index in [-0.39, 0.29) is 17.3 Å². The summed E-state index contributed by atoms with van der Waals surface area (Å²) < 4.78 is 7.47. The van der Waals surface area contributed by atoms with E-state index >= 15 is 0 Å². The largest absolute Gasteiger partial charge is 0.503 e. The summed E-state index contributed by atoms with van der Waals surface area (Å²) >= 11 is 0. The van der Waals surface area contributed by atoms with Gasteiger partial charge in [-0.25, -0.2) is 0 Å². The summed E-state index contributed by atoms with van der Waals surface area (Å²) in [5, 5.41) is 9.68. The van der Waals surface area contributed by atoms with Gasteiger partial charge in [0.2, 0.25) is 5.43 Å². The van der Waals surface area contributed by atoms with Gasteiger partial charge in [-0.3, -0.25) is 4.79 Å². The number of aromatic hydroxyl groups is 1. The Bertz CT molecular complexity index is 419. The Kier molecular flexibility index (Phi) is 3.29. The zero-order chi connectivity index (χ0) is 11.5. The molecule has 0 spiro atoms. The molecule has 88 valence electrons. The van der Waals surface area contributed by atoms with Gasteiger partial charge >= 0.3 is 0 Å². The standard InChI is InChI=1S/C12H17NO3/c1-2-10-12(15)11(14)5-6-13(10)8-9-4-3-7-16-9/h5-6,9,15H,2-4,7-8H2,1H3. The predicted molar refractivity (Wildman–Crippen MR) is 60.7 cm³/mol. The highest BCUT2D eigenvalue weighted by molar-refractivity contribution is 5.26. The van der Waals surface area contributed by atoms with Crippen molar-refractivity contribution < 1.29 is 9.84 Å². The van der Waals surface area contributed by atoms with E-state index in [9.17, 15) is 9.90 Å². The molecular weight excluding hydrogens is 206 g/mol. The predicted octanol–water partition coefficient (Wildman–Crippen LogP) is 1.30. The Balaban J connectivity index is 2.25. The Hall–Kier alpha value is -1.29. The van der Waals surface area contributed by atoms with Gasteiger partial charge in [0.15, 0.2) is 5.75 Å². The maximum Gasteiger partial charge on any atom is 0.223 e. The van der Waals surface area contributed by atoms with E-state index in [4.69, 9.17) is 4.74 Å². The monoisotopic (exact) mass is 223 g/mol. The molecule has 1 N–H and O–H groups in total. The lowest BCUT2D eigenvalue weighted by atomic mass is 10.2. The number of pyridine rings is 1. The highest BCUT2D eigenvalue weighted by Crippen LogP contribution is 2.17. The first-order chi connectivity index (χ1) is 7.72. The smallest absolute Gasteiger partial charge is 0.223 e. The highest BCUT2D eigenvalue weighted by atomic mass is 16.5. The van der Waals surface area contributed by atoms with Crippen LogP contribution in [0.2, 0.25) is 0 Å². The molecule has 1 aromatic rings. The van der Waals surface area contributed by atoms with Crippen molar-refractivity contribution in [1.82, 2.24) is 4.57 Å². The number of hydrogen-bond acceptors (Lipinski definition) is 3. The SMILES string of the molecule is CCc1c(O)c(=O)ccn1CC1CCCO1. The molecule has 0 radical (unpaired) electrons. The zero-order valence-electron chi connectivity index (χ0n) is 9.48. The third-order valence-electron chi connectivity index (χ3n) is 3.02. The van der Waals surface area contributed by atoms with Crippen LogP contribution in [0.5, 0.6) is 5.75 Å². The van der Waals surface area contributed by atoms with Gasteiger partial charge in [-0.2, -0.15) is 0 Å². The van der Waals surface area contributed by atoms with Gasteiger partial charge in [0.1, 0.15) is 0 Å². The Labute approximate surface area is 94.5 Å². The molecule has 1 aliphatic rings. The van der Waals surface area contributed by atoms with E-state index in [1.54, 1.807) is 6.20 Å². The molecule has 0 aromatic carbocycles. The van der Waals surface area contributed by atoms with E-state index in [1.165, 1.54) is 6.07 Å². The molecular formula is C12H17NO3. The molecule has 1 aliphatic heterocycles. The van der Waals surface area contributed by atoms with Crippen LogP contribution in [-0.4, -0.2) is 22.4 Å². The maximum atomic E-state index is 11.3. The third-order valence-corrected chi connectivity index (χ3v) is 3.02. The van der Waals surface area contributed by atoms with Crippen LogP contribution >= 0.6 is 0 Å². The first kappa shape index (κ1) is 11.2. The molecule has 0 bridgehead atoms. The molecule has 1 aromatic heterocycles. The molecule has 2 heterocycles. The second kappa shape index (κ2) is 4.70. The van der Waals surface area contributed by atoms with Crippen molar-refractivity contribution in [3.05, 3.63) is 28.2 Å². The fourth-order valence-electron chi connectivity index (χ4n) is 2.15. The Morgan fingerprint density at radius 2 is 2.44 bits per heavy atom. The molecule has 0 aliphatic carbocycles. The van der Waals surface area contributed by atoms with Gasteiger partial charge in [0.25, 0.3) is 0 Å². The van der Waals surface area contributed by atoms with Crippen LogP contribution in [0.3, 0.4) is 0 Å². The number of nitrogens with zero attached hydrogens (tertiary/aromatic N) is 1. The van der Waals surface area contributed by atoms with Crippen LogP contribution < -0.4 is 5.43 Å². The van der Waals surface area contributed by atoms with Crippen LogP contribution in [0.25, 0.3) is 0 Å². The normalized spacial score (nSPS) is 20.2. The molecule has 0 amide bonds. The summed E-state index contributed by atoms with van der Waals surface area (Å²) in [5.41, 5.74) is 0.392. The molecule has 1 unspecified atom stereocenters. The quantitative estimate of drug-likeness (QED) is 0.840. The molecule has 4 heteroatoms. The van der Waals surface area contributed by atoms with Gasteiger partial charge in [-0.05, 0) is 19.3 Å². The van der Waals surface area contributed by atoms with Crippen LogP contribution in [0.1, 0.15) is 25.5 Å². The molecule has 1 atom stereocenters. The number of hydrogen-bond donors (Lipinski definition) is 1. The minimum Gasteiger partial charge on any atom is -0.503 e. The van der Waals surface area contributed by atoms with Gasteiger partial charge in [0.05, 0.1) is 11.8 Å². The summed E-state index contributed by atoms with van der Waals surface area (Å²) in [6.07, 6.45) is 4.75. The summed E-state index contributed by atoms with van der Waals surface area (Å²) in [6.45, 7) is 3.47. The van der Waals surface area contributed by atoms with Gasteiger partial charge in [-0.15, -0.1) is 0 Å². The Morgan fingerprint density at radius 3 is 3.06 bits per heavy atom. The van der Waals surface area contributed by atoms with Gasteiger partial charge in [0, 0.05) is 25.4 Å². The lowest BCUT2D eigenvalue weighted by Crippen LogP contribution is -2.20. The van der Waals surface area contributed by atoms with Crippen LogP contribution in [0.15, 0.2) is 17.1 Å². The number of ether oxygens (including phenoxy) is 1. The van der Waals surface area contributed by atoms with E-state index in [1.807, 2.05) is 11.5 Å². The molecule has 1 saturated heterocycles. The van der Waals surface area contributed by atoms with Gasteiger partial charge in [-0.1, -0.05) is 6.92 Å². The third kappa shape index (κ3) is 2.11. The lowest BCUT2D eigenvalue weighted by Gasteiger charge is -2.16. The van der Waals surface area contributed by atoms with Crippen LogP contribution in [-0.2, 0) is 17.7 Å². The Morgan fingerprint density at radius 1 is 1.62 bits per heavy atom. The number of aromatic nitrogens is 1. The fourth-order valence-corrected chi connectivity index (χ4v) is 2.15. The molecule has 0 saturated carbocycles. The summed E-state index contributed by atoms with van der Waals surface area (Å²) in [5.74, 6) is -0.122. The first-order valence-corrected chi connectivity index (χ1v) is 5.75. The summed E-state index contributed by atoms with van der Waals surface area (Å²) in [6, 6.07) is 1.41. The van der Waals surface area contributed by atoms with Crippen molar-refractivity contribution in [3.63, 3.8) is 0 Å². The zero-order valence-corrected chi connectivity index (χ0v) is 9.48. The van der Waals surface area contributed by atoms with E-state index in [0.29, 0.717) is 12.1 Å². The van der Waals surface area contributed by atoms with Crippen LogP contribution in [0.4, 0.5) is 0 Å². The summed E-state index contributed by atoms with van der Waals surface area (Å²) in [4.78, 5) is 11.3. The van der Waals surface area contributed by atoms with Crippen molar-refractivity contribution in [2.45, 2.75) is 38.8 Å². The average Bonchev–Trinajstić information content (AvgIpc) is 2.77. The lowest BCUT2D eigenvalue weighted by molar-refractivity contribution is 0.0960.